The number of nitrogens with one attached hydrogen (secondary N) is 1. The summed E-state index contributed by atoms with van der Waals surface area (Å²) in [5, 5.41) is 3.87. The third-order valence-corrected chi connectivity index (χ3v) is 5.78. The van der Waals surface area contributed by atoms with Gasteiger partial charge in [-0.2, -0.15) is 0 Å². The van der Waals surface area contributed by atoms with Gasteiger partial charge in [0.15, 0.2) is 0 Å². The van der Waals surface area contributed by atoms with E-state index in [1.807, 2.05) is 37.3 Å². The second-order valence-corrected chi connectivity index (χ2v) is 8.51. The van der Waals surface area contributed by atoms with E-state index in [-0.39, 0.29) is 30.7 Å². The number of nitrogens with zero attached hydrogens (tertiary/aromatic N) is 1. The molecule has 1 atom stereocenters. The number of amides is 2. The highest BCUT2D eigenvalue weighted by atomic mass is 35.5. The Morgan fingerprint density at radius 3 is 2.33 bits per heavy atom. The van der Waals surface area contributed by atoms with Crippen molar-refractivity contribution in [3.8, 4) is 0 Å². The van der Waals surface area contributed by atoms with Gasteiger partial charge >= 0.3 is 0 Å². The number of rotatable bonds is 9. The van der Waals surface area contributed by atoms with E-state index in [1.54, 1.807) is 35.2 Å². The Balaban J connectivity index is 1.92. The molecule has 7 heteroatoms. The molecule has 0 fully saturated rings. The van der Waals surface area contributed by atoms with E-state index < -0.39 is 6.04 Å². The van der Waals surface area contributed by atoms with Gasteiger partial charge in [0.25, 0.3) is 0 Å². The molecular weight excluding hydrogens is 462 g/mol. The highest BCUT2D eigenvalue weighted by molar-refractivity contribution is 6.35. The van der Waals surface area contributed by atoms with Gasteiger partial charge in [0.1, 0.15) is 11.9 Å². The molecule has 4 nitrogen and oxygen atoms in total. The van der Waals surface area contributed by atoms with Gasteiger partial charge in [0.2, 0.25) is 11.8 Å². The Bertz CT molecular complexity index is 1090. The molecule has 0 heterocycles. The number of carbonyl (C=O) groups excluding carboxylic acids is 2. The molecule has 33 heavy (non-hydrogen) atoms. The normalized spacial score (nSPS) is 11.6. The van der Waals surface area contributed by atoms with Crippen molar-refractivity contribution in [2.24, 2.45) is 0 Å². The second kappa shape index (κ2) is 11.8. The highest BCUT2D eigenvalue weighted by Crippen LogP contribution is 2.26. The Morgan fingerprint density at radius 2 is 1.70 bits per heavy atom. The summed E-state index contributed by atoms with van der Waals surface area (Å²) in [5.74, 6) is -0.850. The summed E-state index contributed by atoms with van der Waals surface area (Å²) in [6.45, 7) is 2.27. The van der Waals surface area contributed by atoms with Crippen molar-refractivity contribution in [3.05, 3.63) is 105 Å². The maximum absolute atomic E-state index is 13.5. The minimum absolute atomic E-state index is 0.157. The molecule has 0 aliphatic heterocycles. The summed E-state index contributed by atoms with van der Waals surface area (Å²) in [5.41, 5.74) is 2.13. The van der Waals surface area contributed by atoms with Crippen LogP contribution in [0.15, 0.2) is 72.8 Å². The van der Waals surface area contributed by atoms with E-state index in [1.165, 1.54) is 12.1 Å². The lowest BCUT2D eigenvalue weighted by molar-refractivity contribution is -0.141. The van der Waals surface area contributed by atoms with Crippen molar-refractivity contribution >= 4 is 35.0 Å². The molecule has 0 spiro atoms. The average Bonchev–Trinajstić information content (AvgIpc) is 2.80. The Kier molecular flexibility index (Phi) is 8.87. The molecule has 0 saturated heterocycles. The van der Waals surface area contributed by atoms with E-state index in [4.69, 9.17) is 23.2 Å². The van der Waals surface area contributed by atoms with Crippen LogP contribution in [-0.2, 0) is 22.7 Å². The first-order valence-electron chi connectivity index (χ1n) is 10.7. The lowest BCUT2D eigenvalue weighted by atomic mass is 10.0. The van der Waals surface area contributed by atoms with Gasteiger partial charge in [-0.15, -0.1) is 0 Å². The fraction of sp³-hybridized carbons (Fsp3) is 0.231. The summed E-state index contributed by atoms with van der Waals surface area (Å²) >= 11 is 12.2. The zero-order valence-corrected chi connectivity index (χ0v) is 19.7. The minimum atomic E-state index is -0.860. The Labute approximate surface area is 203 Å². The first kappa shape index (κ1) is 24.7. The van der Waals surface area contributed by atoms with Gasteiger partial charge in [0, 0.05) is 29.6 Å². The molecule has 3 aromatic carbocycles. The van der Waals surface area contributed by atoms with E-state index >= 15 is 0 Å². The van der Waals surface area contributed by atoms with Crippen molar-refractivity contribution in [1.82, 2.24) is 10.2 Å². The van der Waals surface area contributed by atoms with Crippen LogP contribution in [0.1, 0.15) is 42.5 Å². The number of hydrogen-bond acceptors (Lipinski definition) is 2. The zero-order valence-electron chi connectivity index (χ0n) is 18.2. The number of carbonyl (C=O) groups is 2. The van der Waals surface area contributed by atoms with Crippen LogP contribution >= 0.6 is 23.2 Å². The van der Waals surface area contributed by atoms with Crippen molar-refractivity contribution in [3.63, 3.8) is 0 Å². The monoisotopic (exact) mass is 486 g/mol. The van der Waals surface area contributed by atoms with Crippen LogP contribution in [0, 0.1) is 5.82 Å². The van der Waals surface area contributed by atoms with Crippen LogP contribution in [0.5, 0.6) is 0 Å². The van der Waals surface area contributed by atoms with E-state index in [9.17, 15) is 14.0 Å². The summed E-state index contributed by atoms with van der Waals surface area (Å²) in [6.07, 6.45) is 0.934. The smallest absolute Gasteiger partial charge is 0.247 e. The predicted octanol–water partition coefficient (Wildman–Crippen LogP) is 6.32. The maximum Gasteiger partial charge on any atom is 0.247 e. The van der Waals surface area contributed by atoms with Gasteiger partial charge in [-0.1, -0.05) is 78.7 Å². The van der Waals surface area contributed by atoms with Crippen LogP contribution in [-0.4, -0.2) is 16.7 Å². The van der Waals surface area contributed by atoms with Gasteiger partial charge in [-0.3, -0.25) is 9.59 Å². The summed E-state index contributed by atoms with van der Waals surface area (Å²) in [6, 6.07) is 19.3. The van der Waals surface area contributed by atoms with E-state index in [2.05, 4.69) is 5.32 Å². The fourth-order valence-corrected chi connectivity index (χ4v) is 3.99. The molecule has 2 amide bonds. The molecule has 0 aliphatic rings. The molecule has 3 aromatic rings. The number of benzene rings is 3. The van der Waals surface area contributed by atoms with Crippen LogP contribution in [0.3, 0.4) is 0 Å². The second-order valence-electron chi connectivity index (χ2n) is 7.66. The average molecular weight is 487 g/mol. The molecule has 172 valence electrons. The SMILES string of the molecule is CCCC(=O)N(Cc1ccc(F)cc1)[C@H](C(=O)NCc1ccc(Cl)cc1Cl)c1ccccc1. The largest absolute Gasteiger partial charge is 0.350 e. The van der Waals surface area contributed by atoms with E-state index in [0.29, 0.717) is 34.0 Å². The molecular formula is C26H25Cl2FN2O2. The highest BCUT2D eigenvalue weighted by Gasteiger charge is 2.31. The maximum atomic E-state index is 13.5. The number of hydrogen-bond donors (Lipinski definition) is 1. The van der Waals surface area contributed by atoms with Crippen molar-refractivity contribution < 1.29 is 14.0 Å². The minimum Gasteiger partial charge on any atom is -0.350 e. The third kappa shape index (κ3) is 6.80. The third-order valence-electron chi connectivity index (χ3n) is 5.19. The van der Waals surface area contributed by atoms with Crippen LogP contribution in [0.25, 0.3) is 0 Å². The molecule has 0 bridgehead atoms. The first-order chi connectivity index (χ1) is 15.9. The zero-order chi connectivity index (χ0) is 23.8. The van der Waals surface area contributed by atoms with Gasteiger partial charge in [-0.05, 0) is 47.4 Å². The topological polar surface area (TPSA) is 49.4 Å². The van der Waals surface area contributed by atoms with E-state index in [0.717, 1.165) is 5.56 Å². The van der Waals surface area contributed by atoms with Crippen molar-refractivity contribution in [1.29, 1.82) is 0 Å². The van der Waals surface area contributed by atoms with Gasteiger partial charge < -0.3 is 10.2 Å². The lowest BCUT2D eigenvalue weighted by Gasteiger charge is -2.31. The quantitative estimate of drug-likeness (QED) is 0.384. The standard InChI is InChI=1S/C26H25Cl2FN2O2/c1-2-6-24(32)31(17-18-9-13-22(29)14-10-18)25(19-7-4-3-5-8-19)26(33)30-16-20-11-12-21(27)15-23(20)28/h3-5,7-15,25H,2,6,16-17H2,1H3,(H,30,33)/t25-/m0/s1. The van der Waals surface area contributed by atoms with Gasteiger partial charge in [-0.25, -0.2) is 4.39 Å². The molecule has 0 radical (unpaired) electrons. The molecule has 0 aromatic heterocycles. The van der Waals surface area contributed by atoms with Gasteiger partial charge in [0.05, 0.1) is 0 Å². The van der Waals surface area contributed by atoms with Crippen LogP contribution in [0.2, 0.25) is 10.0 Å². The summed E-state index contributed by atoms with van der Waals surface area (Å²) in [4.78, 5) is 28.1. The summed E-state index contributed by atoms with van der Waals surface area (Å²) < 4.78 is 13.4. The molecule has 1 N–H and O–H groups in total. The Hall–Kier alpha value is -2.89. The fourth-order valence-electron chi connectivity index (χ4n) is 3.52. The van der Waals surface area contributed by atoms with Crippen molar-refractivity contribution in [2.45, 2.75) is 38.9 Å². The molecule has 0 unspecified atom stereocenters. The van der Waals surface area contributed by atoms with Crippen molar-refractivity contribution in [2.75, 3.05) is 0 Å². The van der Waals surface area contributed by atoms with Crippen LogP contribution < -0.4 is 5.32 Å². The molecule has 3 rings (SSSR count). The summed E-state index contributed by atoms with van der Waals surface area (Å²) in [7, 11) is 0. The predicted molar refractivity (Wildman–Crippen MR) is 129 cm³/mol. The first-order valence-corrected chi connectivity index (χ1v) is 11.4. The molecule has 0 aliphatic carbocycles. The lowest BCUT2D eigenvalue weighted by Crippen LogP contribution is -2.43. The Morgan fingerprint density at radius 1 is 1.00 bits per heavy atom. The molecule has 0 saturated carbocycles. The van der Waals surface area contributed by atoms with Crippen LogP contribution in [0.4, 0.5) is 4.39 Å². The number of halogens is 3.